The van der Waals surface area contributed by atoms with E-state index >= 15 is 0 Å². The molecule has 1 aromatic carbocycles. The molecule has 0 spiro atoms. The number of ether oxygens (including phenoxy) is 1. The number of nitrogens with one attached hydrogen (secondary N) is 1. The van der Waals surface area contributed by atoms with Gasteiger partial charge in [-0.15, -0.1) is 0 Å². The Morgan fingerprint density at radius 2 is 1.97 bits per heavy atom. The summed E-state index contributed by atoms with van der Waals surface area (Å²) in [7, 11) is 3.16. The molecule has 0 bridgehead atoms. The monoisotopic (exact) mass is 447 g/mol. The van der Waals surface area contributed by atoms with Gasteiger partial charge in [0, 0.05) is 44.5 Å². The number of carbonyl (C=O) groups is 2. The van der Waals surface area contributed by atoms with E-state index in [2.05, 4.69) is 15.3 Å². The van der Waals surface area contributed by atoms with Crippen LogP contribution < -0.4 is 15.6 Å². The highest BCUT2D eigenvalue weighted by Crippen LogP contribution is 2.27. The number of hydrogen-bond donors (Lipinski definition) is 1. The number of carbonyl (C=O) groups excluding carboxylic acids is 2. The molecule has 1 aliphatic rings. The van der Waals surface area contributed by atoms with Crippen molar-refractivity contribution in [3.05, 3.63) is 81.8 Å². The van der Waals surface area contributed by atoms with Crippen LogP contribution in [0.4, 0.5) is 5.69 Å². The SMILES string of the molecule is COc1ccccc1NC(=O)c1cnc([C@@H]2CCN(C(=O)c3ccc(=O)n(C)c3)C2)nc1C. The number of anilines is 1. The Balaban J connectivity index is 1.46. The van der Waals surface area contributed by atoms with Crippen molar-refractivity contribution >= 4 is 17.5 Å². The third-order valence-electron chi connectivity index (χ3n) is 5.77. The molecular weight excluding hydrogens is 422 g/mol. The Morgan fingerprint density at radius 1 is 1.18 bits per heavy atom. The molecule has 0 saturated carbocycles. The van der Waals surface area contributed by atoms with Gasteiger partial charge in [-0.1, -0.05) is 12.1 Å². The van der Waals surface area contributed by atoms with Crippen LogP contribution in [-0.2, 0) is 7.05 Å². The van der Waals surface area contributed by atoms with Gasteiger partial charge in [0.15, 0.2) is 0 Å². The first-order valence-corrected chi connectivity index (χ1v) is 10.6. The van der Waals surface area contributed by atoms with Gasteiger partial charge >= 0.3 is 0 Å². The number of nitrogens with zero attached hydrogens (tertiary/aromatic N) is 4. The standard InChI is InChI=1S/C24H25N5O4/c1-15-18(23(31)27-19-6-4-5-7-20(19)33-3)12-25-22(26-15)16-10-11-29(14-16)24(32)17-8-9-21(30)28(2)13-17/h4-9,12-13,16H,10-11,14H2,1-3H3,(H,27,31)/t16-/m1/s1. The highest BCUT2D eigenvalue weighted by atomic mass is 16.5. The quantitative estimate of drug-likeness (QED) is 0.644. The molecule has 3 heterocycles. The smallest absolute Gasteiger partial charge is 0.259 e. The Labute approximate surface area is 191 Å². The molecule has 2 aromatic heterocycles. The van der Waals surface area contributed by atoms with E-state index in [4.69, 9.17) is 4.74 Å². The Kier molecular flexibility index (Phi) is 6.21. The molecule has 0 unspecified atom stereocenters. The maximum absolute atomic E-state index is 12.8. The molecular formula is C24H25N5O4. The number of hydrogen-bond acceptors (Lipinski definition) is 6. The highest BCUT2D eigenvalue weighted by Gasteiger charge is 2.30. The number of amides is 2. The summed E-state index contributed by atoms with van der Waals surface area (Å²) in [5, 5.41) is 2.84. The molecule has 2 amide bonds. The zero-order valence-electron chi connectivity index (χ0n) is 18.7. The molecule has 1 atom stereocenters. The predicted molar refractivity (Wildman–Crippen MR) is 123 cm³/mol. The maximum atomic E-state index is 12.8. The van der Waals surface area contributed by atoms with Crippen molar-refractivity contribution in [3.63, 3.8) is 0 Å². The van der Waals surface area contributed by atoms with E-state index in [9.17, 15) is 14.4 Å². The topological polar surface area (TPSA) is 106 Å². The van der Waals surface area contributed by atoms with Gasteiger partial charge < -0.3 is 19.5 Å². The summed E-state index contributed by atoms with van der Waals surface area (Å²) in [6.07, 6.45) is 3.80. The molecule has 1 aliphatic heterocycles. The predicted octanol–water partition coefficient (Wildman–Crippen LogP) is 2.37. The van der Waals surface area contributed by atoms with Crippen LogP contribution >= 0.6 is 0 Å². The molecule has 4 rings (SSSR count). The summed E-state index contributed by atoms with van der Waals surface area (Å²) < 4.78 is 6.67. The van der Waals surface area contributed by atoms with Crippen LogP contribution in [0.3, 0.4) is 0 Å². The second-order valence-electron chi connectivity index (χ2n) is 7.99. The molecule has 3 aromatic rings. The Morgan fingerprint density at radius 3 is 2.70 bits per heavy atom. The summed E-state index contributed by atoms with van der Waals surface area (Å²) in [5.41, 5.74) is 1.82. The number of para-hydroxylation sites is 2. The fraction of sp³-hybridized carbons (Fsp3) is 0.292. The molecule has 1 fully saturated rings. The first-order valence-electron chi connectivity index (χ1n) is 10.6. The molecule has 170 valence electrons. The number of aromatic nitrogens is 3. The van der Waals surface area contributed by atoms with E-state index in [1.54, 1.807) is 50.4 Å². The lowest BCUT2D eigenvalue weighted by Gasteiger charge is -2.17. The minimum Gasteiger partial charge on any atom is -0.495 e. The van der Waals surface area contributed by atoms with E-state index in [0.717, 1.165) is 6.42 Å². The largest absolute Gasteiger partial charge is 0.495 e. The van der Waals surface area contributed by atoms with Gasteiger partial charge in [-0.3, -0.25) is 14.4 Å². The van der Waals surface area contributed by atoms with E-state index in [1.807, 2.05) is 12.1 Å². The van der Waals surface area contributed by atoms with Crippen LogP contribution in [0.15, 0.2) is 53.6 Å². The zero-order valence-corrected chi connectivity index (χ0v) is 18.7. The van der Waals surface area contributed by atoms with Crippen LogP contribution in [0.5, 0.6) is 5.75 Å². The van der Waals surface area contributed by atoms with Crippen molar-refractivity contribution in [3.8, 4) is 5.75 Å². The molecule has 1 N–H and O–H groups in total. The summed E-state index contributed by atoms with van der Waals surface area (Å²) in [5.74, 6) is 0.706. The van der Waals surface area contributed by atoms with Crippen LogP contribution in [0.1, 0.15) is 44.6 Å². The number of aryl methyl sites for hydroxylation is 2. The summed E-state index contributed by atoms with van der Waals surface area (Å²) in [6.45, 7) is 2.82. The fourth-order valence-electron chi connectivity index (χ4n) is 3.90. The number of likely N-dealkylation sites (tertiary alicyclic amines) is 1. The van der Waals surface area contributed by atoms with Crippen LogP contribution in [0, 0.1) is 6.92 Å². The lowest BCUT2D eigenvalue weighted by atomic mass is 10.1. The van der Waals surface area contributed by atoms with E-state index in [1.165, 1.54) is 16.8 Å². The van der Waals surface area contributed by atoms with Gasteiger partial charge in [-0.25, -0.2) is 9.97 Å². The molecule has 33 heavy (non-hydrogen) atoms. The second-order valence-corrected chi connectivity index (χ2v) is 7.99. The number of rotatable bonds is 5. The maximum Gasteiger partial charge on any atom is 0.259 e. The summed E-state index contributed by atoms with van der Waals surface area (Å²) in [4.78, 5) is 47.9. The fourth-order valence-corrected chi connectivity index (χ4v) is 3.90. The lowest BCUT2D eigenvalue weighted by Crippen LogP contribution is -2.30. The highest BCUT2D eigenvalue weighted by molar-refractivity contribution is 6.05. The number of methoxy groups -OCH3 is 1. The van der Waals surface area contributed by atoms with E-state index < -0.39 is 0 Å². The zero-order chi connectivity index (χ0) is 23.5. The molecule has 9 nitrogen and oxygen atoms in total. The van der Waals surface area contributed by atoms with Gasteiger partial charge in [0.05, 0.1) is 29.6 Å². The minimum atomic E-state index is -0.318. The minimum absolute atomic E-state index is 0.0217. The van der Waals surface area contributed by atoms with Crippen LogP contribution in [0.2, 0.25) is 0 Å². The Bertz CT molecular complexity index is 1270. The third kappa shape index (κ3) is 4.62. The van der Waals surface area contributed by atoms with Crippen molar-refractivity contribution in [2.24, 2.45) is 7.05 Å². The van der Waals surface area contributed by atoms with Crippen LogP contribution in [-0.4, -0.2) is 51.4 Å². The molecule has 0 aliphatic carbocycles. The third-order valence-corrected chi connectivity index (χ3v) is 5.77. The second kappa shape index (κ2) is 9.23. The van der Waals surface area contributed by atoms with Crippen molar-refractivity contribution in [2.75, 3.05) is 25.5 Å². The molecule has 1 saturated heterocycles. The van der Waals surface area contributed by atoms with Gasteiger partial charge in [-0.2, -0.15) is 0 Å². The average Bonchev–Trinajstić information content (AvgIpc) is 3.31. The Hall–Kier alpha value is -4.01. The van der Waals surface area contributed by atoms with Gasteiger partial charge in [-0.05, 0) is 31.5 Å². The average molecular weight is 447 g/mol. The first kappa shape index (κ1) is 22.2. The van der Waals surface area contributed by atoms with Crippen molar-refractivity contribution in [1.29, 1.82) is 0 Å². The van der Waals surface area contributed by atoms with Crippen molar-refractivity contribution < 1.29 is 14.3 Å². The van der Waals surface area contributed by atoms with Crippen molar-refractivity contribution in [2.45, 2.75) is 19.3 Å². The van der Waals surface area contributed by atoms with Gasteiger partial charge in [0.2, 0.25) is 5.56 Å². The van der Waals surface area contributed by atoms with Crippen molar-refractivity contribution in [1.82, 2.24) is 19.4 Å². The van der Waals surface area contributed by atoms with Crippen LogP contribution in [0.25, 0.3) is 0 Å². The van der Waals surface area contributed by atoms with E-state index in [0.29, 0.717) is 47.2 Å². The molecule has 0 radical (unpaired) electrons. The normalized spacial score (nSPS) is 15.4. The van der Waals surface area contributed by atoms with E-state index in [-0.39, 0.29) is 23.3 Å². The van der Waals surface area contributed by atoms with Gasteiger partial charge in [0.1, 0.15) is 11.6 Å². The number of pyridine rings is 1. The lowest BCUT2D eigenvalue weighted by molar-refractivity contribution is 0.0789. The first-order chi connectivity index (χ1) is 15.9. The van der Waals surface area contributed by atoms with Gasteiger partial charge in [0.25, 0.3) is 11.8 Å². The summed E-state index contributed by atoms with van der Waals surface area (Å²) >= 11 is 0. The summed E-state index contributed by atoms with van der Waals surface area (Å²) in [6, 6.07) is 10.1. The molecule has 9 heteroatoms. The number of benzene rings is 1.